The van der Waals surface area contributed by atoms with Gasteiger partial charge >= 0.3 is 5.69 Å². The van der Waals surface area contributed by atoms with E-state index in [9.17, 15) is 23.2 Å². The molecular formula is C17H13F2N3O3. The normalized spacial score (nSPS) is 10.8. The number of carbonyl (C=O) groups is 1. The van der Waals surface area contributed by atoms with Gasteiger partial charge in [0.1, 0.15) is 0 Å². The second kappa shape index (κ2) is 6.68. The summed E-state index contributed by atoms with van der Waals surface area (Å²) in [7, 11) is 0. The number of nitrogens with zero attached hydrogens (tertiary/aromatic N) is 1. The molecule has 3 aromatic rings. The SMILES string of the molecule is O=C(CCn1c(=O)[nH]c2ccccc2c1=O)Nc1ccc(F)c(F)c1. The fourth-order valence-electron chi connectivity index (χ4n) is 2.41. The molecule has 0 aliphatic carbocycles. The molecule has 1 aromatic heterocycles. The number of hydrogen-bond acceptors (Lipinski definition) is 3. The Bertz CT molecular complexity index is 1070. The molecule has 0 radical (unpaired) electrons. The zero-order valence-electron chi connectivity index (χ0n) is 12.9. The highest BCUT2D eigenvalue weighted by Gasteiger charge is 2.10. The second-order valence-electron chi connectivity index (χ2n) is 5.36. The first-order chi connectivity index (χ1) is 12.0. The number of amides is 1. The van der Waals surface area contributed by atoms with Gasteiger partial charge in [0, 0.05) is 24.7 Å². The maximum absolute atomic E-state index is 13.1. The van der Waals surface area contributed by atoms with Crippen molar-refractivity contribution in [3.05, 3.63) is 74.9 Å². The van der Waals surface area contributed by atoms with E-state index in [-0.39, 0.29) is 18.7 Å². The maximum atomic E-state index is 13.1. The Morgan fingerprint density at radius 1 is 1.08 bits per heavy atom. The van der Waals surface area contributed by atoms with Crippen molar-refractivity contribution in [3.63, 3.8) is 0 Å². The lowest BCUT2D eigenvalue weighted by molar-refractivity contribution is -0.116. The van der Waals surface area contributed by atoms with Crippen LogP contribution in [0.3, 0.4) is 0 Å². The molecule has 128 valence electrons. The number of benzene rings is 2. The summed E-state index contributed by atoms with van der Waals surface area (Å²) >= 11 is 0. The first-order valence-corrected chi connectivity index (χ1v) is 7.42. The molecule has 0 atom stereocenters. The third kappa shape index (κ3) is 3.47. The van der Waals surface area contributed by atoms with Crippen LogP contribution in [0.25, 0.3) is 10.9 Å². The van der Waals surface area contributed by atoms with Crippen LogP contribution in [-0.2, 0) is 11.3 Å². The number of fused-ring (bicyclic) bond motifs is 1. The van der Waals surface area contributed by atoms with Gasteiger partial charge < -0.3 is 10.3 Å². The zero-order valence-corrected chi connectivity index (χ0v) is 12.9. The van der Waals surface area contributed by atoms with Crippen molar-refractivity contribution >= 4 is 22.5 Å². The molecule has 0 spiro atoms. The fraction of sp³-hybridized carbons (Fsp3) is 0.118. The van der Waals surface area contributed by atoms with Gasteiger partial charge in [-0.1, -0.05) is 12.1 Å². The standard InChI is InChI=1S/C17H13F2N3O3/c18-12-6-5-10(9-13(12)19)20-15(23)7-8-22-16(24)11-3-1-2-4-14(11)21-17(22)25/h1-6,9H,7-8H2,(H,20,23)(H,21,25). The van der Waals surface area contributed by atoms with Gasteiger partial charge in [-0.25, -0.2) is 13.6 Å². The highest BCUT2D eigenvalue weighted by molar-refractivity contribution is 5.90. The Morgan fingerprint density at radius 2 is 1.84 bits per heavy atom. The molecule has 2 aromatic carbocycles. The van der Waals surface area contributed by atoms with Crippen molar-refractivity contribution < 1.29 is 13.6 Å². The molecule has 25 heavy (non-hydrogen) atoms. The minimum absolute atomic E-state index is 0.0867. The predicted octanol–water partition coefficient (Wildman–Crippen LogP) is 2.00. The number of anilines is 1. The molecule has 0 saturated carbocycles. The summed E-state index contributed by atoms with van der Waals surface area (Å²) in [6.07, 6.45) is -0.180. The predicted molar refractivity (Wildman–Crippen MR) is 88.4 cm³/mol. The third-order valence-corrected chi connectivity index (χ3v) is 3.66. The van der Waals surface area contributed by atoms with Crippen molar-refractivity contribution in [2.75, 3.05) is 5.32 Å². The monoisotopic (exact) mass is 345 g/mol. The first kappa shape index (κ1) is 16.6. The van der Waals surface area contributed by atoms with Crippen LogP contribution in [0.2, 0.25) is 0 Å². The molecule has 0 fully saturated rings. The molecule has 0 saturated heterocycles. The largest absolute Gasteiger partial charge is 0.328 e. The van der Waals surface area contributed by atoms with E-state index in [1.165, 1.54) is 6.07 Å². The number of carbonyl (C=O) groups excluding carboxylic acids is 1. The number of rotatable bonds is 4. The van der Waals surface area contributed by atoms with Crippen molar-refractivity contribution in [3.8, 4) is 0 Å². The van der Waals surface area contributed by atoms with Crippen LogP contribution in [-0.4, -0.2) is 15.5 Å². The number of hydrogen-bond donors (Lipinski definition) is 2. The van der Waals surface area contributed by atoms with Crippen LogP contribution < -0.4 is 16.6 Å². The quantitative estimate of drug-likeness (QED) is 0.758. The second-order valence-corrected chi connectivity index (χ2v) is 5.36. The summed E-state index contributed by atoms with van der Waals surface area (Å²) in [6, 6.07) is 9.50. The van der Waals surface area contributed by atoms with Crippen molar-refractivity contribution in [2.24, 2.45) is 0 Å². The lowest BCUT2D eigenvalue weighted by Crippen LogP contribution is -2.36. The van der Waals surface area contributed by atoms with Gasteiger partial charge in [0.05, 0.1) is 10.9 Å². The summed E-state index contributed by atoms with van der Waals surface area (Å²) < 4.78 is 26.9. The summed E-state index contributed by atoms with van der Waals surface area (Å²) in [5.41, 5.74) is -0.618. The van der Waals surface area contributed by atoms with Crippen molar-refractivity contribution in [2.45, 2.75) is 13.0 Å². The smallest absolute Gasteiger partial charge is 0.326 e. The van der Waals surface area contributed by atoms with E-state index in [1.54, 1.807) is 24.3 Å². The van der Waals surface area contributed by atoms with E-state index in [1.807, 2.05) is 0 Å². The molecule has 1 heterocycles. The number of nitrogens with one attached hydrogen (secondary N) is 2. The Morgan fingerprint density at radius 3 is 2.60 bits per heavy atom. The van der Waals surface area contributed by atoms with Crippen molar-refractivity contribution in [1.82, 2.24) is 9.55 Å². The van der Waals surface area contributed by atoms with Crippen molar-refractivity contribution in [1.29, 1.82) is 0 Å². The Kier molecular flexibility index (Phi) is 4.42. The minimum Gasteiger partial charge on any atom is -0.326 e. The number of para-hydroxylation sites is 1. The van der Waals surface area contributed by atoms with Crippen LogP contribution >= 0.6 is 0 Å². The Labute approximate surface area is 139 Å². The fourth-order valence-corrected chi connectivity index (χ4v) is 2.41. The van der Waals surface area contributed by atoms with Crippen LogP contribution in [0, 0.1) is 11.6 Å². The number of aromatic amines is 1. The van der Waals surface area contributed by atoms with E-state index in [4.69, 9.17) is 0 Å². The third-order valence-electron chi connectivity index (χ3n) is 3.66. The van der Waals surface area contributed by atoms with Gasteiger partial charge in [-0.2, -0.15) is 0 Å². The molecule has 8 heteroatoms. The highest BCUT2D eigenvalue weighted by Crippen LogP contribution is 2.13. The molecule has 0 aliphatic heterocycles. The van der Waals surface area contributed by atoms with Crippen LogP contribution in [0.15, 0.2) is 52.1 Å². The highest BCUT2D eigenvalue weighted by atomic mass is 19.2. The van der Waals surface area contributed by atoms with Crippen LogP contribution in [0.4, 0.5) is 14.5 Å². The number of halogens is 2. The molecule has 6 nitrogen and oxygen atoms in total. The Hall–Kier alpha value is -3.29. The molecule has 3 rings (SSSR count). The average Bonchev–Trinajstić information content (AvgIpc) is 2.58. The summed E-state index contributed by atoms with van der Waals surface area (Å²) in [5.74, 6) is -2.64. The first-order valence-electron chi connectivity index (χ1n) is 7.42. The topological polar surface area (TPSA) is 84.0 Å². The maximum Gasteiger partial charge on any atom is 0.328 e. The van der Waals surface area contributed by atoms with Gasteiger partial charge in [-0.05, 0) is 24.3 Å². The van der Waals surface area contributed by atoms with Gasteiger partial charge in [-0.3, -0.25) is 14.2 Å². The van der Waals surface area contributed by atoms with Crippen LogP contribution in [0.1, 0.15) is 6.42 Å². The lowest BCUT2D eigenvalue weighted by atomic mass is 10.2. The molecule has 2 N–H and O–H groups in total. The molecular weight excluding hydrogens is 332 g/mol. The van der Waals surface area contributed by atoms with Crippen LogP contribution in [0.5, 0.6) is 0 Å². The van der Waals surface area contributed by atoms with Gasteiger partial charge in [0.15, 0.2) is 11.6 Å². The Balaban J connectivity index is 1.76. The van der Waals surface area contributed by atoms with E-state index < -0.39 is 28.8 Å². The summed E-state index contributed by atoms with van der Waals surface area (Å²) in [5, 5.41) is 2.72. The van der Waals surface area contributed by atoms with Gasteiger partial charge in [-0.15, -0.1) is 0 Å². The van der Waals surface area contributed by atoms with Gasteiger partial charge in [0.2, 0.25) is 5.91 Å². The molecule has 1 amide bonds. The number of aromatic nitrogens is 2. The molecule has 0 bridgehead atoms. The molecule has 0 aliphatic rings. The summed E-state index contributed by atoms with van der Waals surface area (Å²) in [4.78, 5) is 38.8. The summed E-state index contributed by atoms with van der Waals surface area (Å²) in [6.45, 7) is -0.144. The van der Waals surface area contributed by atoms with E-state index in [0.717, 1.165) is 16.7 Å². The van der Waals surface area contributed by atoms with Gasteiger partial charge in [0.25, 0.3) is 5.56 Å². The molecule has 0 unspecified atom stereocenters. The average molecular weight is 345 g/mol. The minimum atomic E-state index is -1.08. The van der Waals surface area contributed by atoms with E-state index in [0.29, 0.717) is 10.9 Å². The lowest BCUT2D eigenvalue weighted by Gasteiger charge is -2.08. The number of H-pyrrole nitrogens is 1. The van der Waals surface area contributed by atoms with E-state index >= 15 is 0 Å². The van der Waals surface area contributed by atoms with E-state index in [2.05, 4.69) is 10.3 Å². The zero-order chi connectivity index (χ0) is 18.0.